The van der Waals surface area contributed by atoms with Crippen LogP contribution in [0.15, 0.2) is 0 Å². The SMILES string of the molecule is O=S(=O)(OCS)OCS.SCSSSCS. The first-order valence-corrected chi connectivity index (χ1v) is 11.1. The summed E-state index contributed by atoms with van der Waals surface area (Å²) in [5, 5.41) is 1.76. The van der Waals surface area contributed by atoms with Gasteiger partial charge in [0.2, 0.25) is 0 Å². The highest BCUT2D eigenvalue weighted by Gasteiger charge is 2.07. The minimum atomic E-state index is -3.83. The topological polar surface area (TPSA) is 52.6 Å². The second kappa shape index (κ2) is 15.4. The summed E-state index contributed by atoms with van der Waals surface area (Å²) in [5.41, 5.74) is 0. The predicted molar refractivity (Wildman–Crippen MR) is 89.3 cm³/mol. The van der Waals surface area contributed by atoms with Crippen LogP contribution in [-0.4, -0.2) is 30.5 Å². The summed E-state index contributed by atoms with van der Waals surface area (Å²) in [6.45, 7) is 0. The van der Waals surface area contributed by atoms with Crippen molar-refractivity contribution in [3.05, 3.63) is 0 Å². The maximum absolute atomic E-state index is 10.3. The summed E-state index contributed by atoms with van der Waals surface area (Å²) in [5.74, 6) is -0.452. The normalized spacial score (nSPS) is 10.8. The van der Waals surface area contributed by atoms with Crippen LogP contribution >= 0.6 is 81.9 Å². The lowest BCUT2D eigenvalue weighted by Gasteiger charge is -1.98. The zero-order valence-corrected chi connectivity index (χ0v) is 14.7. The van der Waals surface area contributed by atoms with Crippen LogP contribution in [0.1, 0.15) is 0 Å². The smallest absolute Gasteiger partial charge is 0.237 e. The summed E-state index contributed by atoms with van der Waals surface area (Å²) in [6, 6.07) is 0. The van der Waals surface area contributed by atoms with E-state index < -0.39 is 10.4 Å². The van der Waals surface area contributed by atoms with Gasteiger partial charge in [-0.25, -0.2) is 8.37 Å². The Morgan fingerprint density at radius 1 is 0.875 bits per heavy atom. The van der Waals surface area contributed by atoms with Gasteiger partial charge in [0, 0.05) is 10.2 Å². The van der Waals surface area contributed by atoms with Crippen LogP contribution in [-0.2, 0) is 18.8 Å². The molecule has 0 N–H and O–H groups in total. The molecule has 0 aromatic rings. The molecule has 0 saturated heterocycles. The quantitative estimate of drug-likeness (QED) is 0.224. The Labute approximate surface area is 130 Å². The Bertz CT molecular complexity index is 202. The van der Waals surface area contributed by atoms with Gasteiger partial charge >= 0.3 is 10.4 Å². The molecule has 0 aromatic carbocycles. The zero-order valence-electron chi connectivity index (χ0n) is 7.88. The Balaban J connectivity index is 0. The molecule has 0 atom stereocenters. The van der Waals surface area contributed by atoms with Crippen LogP contribution in [0.25, 0.3) is 0 Å². The van der Waals surface area contributed by atoms with Crippen LogP contribution in [0, 0.1) is 0 Å². The van der Waals surface area contributed by atoms with Gasteiger partial charge in [-0.2, -0.15) is 33.7 Å². The number of hydrogen-bond acceptors (Lipinski definition) is 11. The third-order valence-corrected chi connectivity index (χ3v) is 7.26. The molecule has 0 heterocycles. The summed E-state index contributed by atoms with van der Waals surface area (Å²) in [7, 11) is 1.35. The van der Waals surface area contributed by atoms with E-state index in [4.69, 9.17) is 0 Å². The molecular weight excluding hydrogens is 369 g/mol. The molecular formula is C4H12O4S8. The summed E-state index contributed by atoms with van der Waals surface area (Å²) >= 11 is 15.0. The maximum Gasteiger partial charge on any atom is 0.401 e. The van der Waals surface area contributed by atoms with E-state index in [1.807, 2.05) is 0 Å². The fourth-order valence-electron chi connectivity index (χ4n) is 0.240. The van der Waals surface area contributed by atoms with Gasteiger partial charge in [-0.15, -0.1) is 25.3 Å². The zero-order chi connectivity index (χ0) is 12.9. The molecule has 100 valence electrons. The second-order valence-electron chi connectivity index (χ2n) is 1.46. The molecule has 0 rings (SSSR count). The summed E-state index contributed by atoms with van der Waals surface area (Å²) < 4.78 is 28.6. The predicted octanol–water partition coefficient (Wildman–Crippen LogP) is 2.83. The maximum atomic E-state index is 10.3. The fourth-order valence-corrected chi connectivity index (χ4v) is 5.67. The van der Waals surface area contributed by atoms with Crippen LogP contribution in [0.2, 0.25) is 0 Å². The molecule has 12 heteroatoms. The van der Waals surface area contributed by atoms with Crippen molar-refractivity contribution >= 4 is 92.3 Å². The standard InChI is InChI=1S/C2H6O4S3.C2H6S5/c3-9(4,5-1-7)6-2-8;3-1-5-7-6-2-4/h7-8H,1-2H2;3-4H,1-2H2. The first-order chi connectivity index (χ1) is 7.54. The summed E-state index contributed by atoms with van der Waals surface area (Å²) in [6.07, 6.45) is 0. The second-order valence-corrected chi connectivity index (χ2v) is 8.99. The fraction of sp³-hybridized carbons (Fsp3) is 1.00. The first kappa shape index (κ1) is 20.6. The van der Waals surface area contributed by atoms with Gasteiger partial charge in [0.25, 0.3) is 0 Å². The van der Waals surface area contributed by atoms with Crippen molar-refractivity contribution in [3.8, 4) is 0 Å². The van der Waals surface area contributed by atoms with Crippen molar-refractivity contribution in [1.29, 1.82) is 0 Å². The van der Waals surface area contributed by atoms with E-state index in [0.29, 0.717) is 0 Å². The van der Waals surface area contributed by atoms with Gasteiger partial charge in [0.1, 0.15) is 11.9 Å². The van der Waals surface area contributed by atoms with E-state index in [1.54, 1.807) is 31.4 Å². The third-order valence-electron chi connectivity index (χ3n) is 0.596. The largest absolute Gasteiger partial charge is 0.401 e. The van der Waals surface area contributed by atoms with Gasteiger partial charge in [-0.3, -0.25) is 0 Å². The highest BCUT2D eigenvalue weighted by molar-refractivity contribution is 9.10. The average molecular weight is 381 g/mol. The van der Waals surface area contributed by atoms with Crippen LogP contribution < -0.4 is 0 Å². The minimum Gasteiger partial charge on any atom is -0.237 e. The van der Waals surface area contributed by atoms with Crippen molar-refractivity contribution in [3.63, 3.8) is 0 Å². The molecule has 0 amide bonds. The lowest BCUT2D eigenvalue weighted by molar-refractivity contribution is 0.271. The average Bonchev–Trinajstić information content (AvgIpc) is 2.19. The Morgan fingerprint density at radius 3 is 1.50 bits per heavy atom. The van der Waals surface area contributed by atoms with Crippen LogP contribution in [0.5, 0.6) is 0 Å². The van der Waals surface area contributed by atoms with Crippen molar-refractivity contribution in [2.24, 2.45) is 0 Å². The monoisotopic (exact) mass is 380 g/mol. The molecule has 16 heavy (non-hydrogen) atoms. The van der Waals surface area contributed by atoms with Gasteiger partial charge < -0.3 is 0 Å². The molecule has 0 radical (unpaired) electrons. The van der Waals surface area contributed by atoms with Gasteiger partial charge in [0.05, 0.1) is 0 Å². The Hall–Kier alpha value is 2.32. The number of rotatable bonds is 8. The lowest BCUT2D eigenvalue weighted by Crippen LogP contribution is -2.07. The van der Waals surface area contributed by atoms with Crippen molar-refractivity contribution in [2.45, 2.75) is 0 Å². The van der Waals surface area contributed by atoms with E-state index in [0.717, 1.165) is 10.2 Å². The first-order valence-electron chi connectivity index (χ1n) is 3.42. The van der Waals surface area contributed by atoms with Crippen molar-refractivity contribution in [2.75, 3.05) is 22.0 Å². The van der Waals surface area contributed by atoms with E-state index in [-0.39, 0.29) is 11.9 Å². The van der Waals surface area contributed by atoms with Gasteiger partial charge in [0.15, 0.2) is 0 Å². The highest BCUT2D eigenvalue weighted by atomic mass is 33.5. The van der Waals surface area contributed by atoms with E-state index in [9.17, 15) is 8.42 Å². The molecule has 0 aliphatic carbocycles. The van der Waals surface area contributed by atoms with Crippen LogP contribution in [0.3, 0.4) is 0 Å². The molecule has 0 bridgehead atoms. The lowest BCUT2D eigenvalue weighted by atomic mass is 11.7. The molecule has 0 saturated carbocycles. The number of thiol groups is 4. The molecule has 0 aliphatic heterocycles. The molecule has 0 aromatic heterocycles. The summed E-state index contributed by atoms with van der Waals surface area (Å²) in [4.78, 5) is 0. The number of hydrogen-bond donors (Lipinski definition) is 4. The molecule has 4 nitrogen and oxygen atoms in total. The van der Waals surface area contributed by atoms with E-state index in [1.165, 1.54) is 0 Å². The third kappa shape index (κ3) is 18.7. The molecule has 0 unspecified atom stereocenters. The Kier molecular flexibility index (Phi) is 19.8. The van der Waals surface area contributed by atoms with Crippen LogP contribution in [0.4, 0.5) is 0 Å². The molecule has 0 fully saturated rings. The molecule has 0 aliphatic rings. The van der Waals surface area contributed by atoms with Crippen molar-refractivity contribution in [1.82, 2.24) is 0 Å². The minimum absolute atomic E-state index is 0.226. The molecule has 0 spiro atoms. The Morgan fingerprint density at radius 2 is 1.25 bits per heavy atom. The van der Waals surface area contributed by atoms with Gasteiger partial charge in [-0.05, 0) is 9.83 Å². The van der Waals surface area contributed by atoms with Gasteiger partial charge in [-0.1, -0.05) is 21.6 Å². The highest BCUT2D eigenvalue weighted by Crippen LogP contribution is 2.34. The van der Waals surface area contributed by atoms with Crippen molar-refractivity contribution < 1.29 is 16.8 Å². The van der Waals surface area contributed by atoms with E-state index >= 15 is 0 Å². The van der Waals surface area contributed by atoms with E-state index in [2.05, 4.69) is 58.9 Å².